The molecule has 0 amide bonds. The van der Waals surface area contributed by atoms with Gasteiger partial charge in [0.1, 0.15) is 0 Å². The van der Waals surface area contributed by atoms with Crippen LogP contribution in [0.2, 0.25) is 0 Å². The van der Waals surface area contributed by atoms with E-state index >= 15 is 0 Å². The smallest absolute Gasteiger partial charge is 0.246 e. The van der Waals surface area contributed by atoms with Crippen molar-refractivity contribution in [3.63, 3.8) is 0 Å². The van der Waals surface area contributed by atoms with Crippen molar-refractivity contribution in [2.75, 3.05) is 4.90 Å². The monoisotopic (exact) mass is 617 g/mol. The van der Waals surface area contributed by atoms with Gasteiger partial charge in [0.25, 0.3) is 0 Å². The number of benzene rings is 6. The maximum absolute atomic E-state index is 2.76. The Bertz CT molecular complexity index is 2400. The summed E-state index contributed by atoms with van der Waals surface area (Å²) in [4.78, 5) is 2.76. The van der Waals surface area contributed by atoms with Crippen LogP contribution in [0.5, 0.6) is 0 Å². The van der Waals surface area contributed by atoms with Crippen LogP contribution in [0.4, 0.5) is 17.1 Å². The minimum absolute atomic E-state index is 0.103. The lowest BCUT2D eigenvalue weighted by molar-refractivity contribution is 0.284. The minimum atomic E-state index is 0.103. The first-order chi connectivity index (χ1) is 23.0. The second-order valence-corrected chi connectivity index (χ2v) is 18.2. The molecule has 0 spiro atoms. The Kier molecular flexibility index (Phi) is 4.32. The van der Waals surface area contributed by atoms with Crippen molar-refractivity contribution in [3.05, 3.63) is 107 Å². The van der Waals surface area contributed by atoms with E-state index in [0.29, 0.717) is 0 Å². The van der Waals surface area contributed by atoms with Crippen molar-refractivity contribution in [1.29, 1.82) is 0 Å². The lowest BCUT2D eigenvalue weighted by Crippen LogP contribution is -2.58. The second kappa shape index (κ2) is 7.78. The van der Waals surface area contributed by atoms with E-state index in [4.69, 9.17) is 0 Å². The molecule has 3 heterocycles. The van der Waals surface area contributed by atoms with Gasteiger partial charge in [0, 0.05) is 33.3 Å². The van der Waals surface area contributed by atoms with Crippen LogP contribution in [0.3, 0.4) is 0 Å². The molecule has 0 radical (unpaired) electrons. The van der Waals surface area contributed by atoms with E-state index in [0.717, 1.165) is 0 Å². The molecule has 6 aliphatic rings. The van der Waals surface area contributed by atoms with Gasteiger partial charge in [0.15, 0.2) is 0 Å². The third kappa shape index (κ3) is 2.74. The number of anilines is 3. The lowest BCUT2D eigenvalue weighted by Gasteiger charge is -2.46. The Morgan fingerprint density at radius 1 is 0.521 bits per heavy atom. The number of fused-ring (bicyclic) bond motifs is 2. The Labute approximate surface area is 284 Å². The number of rotatable bonds is 1. The Balaban J connectivity index is 1.38. The van der Waals surface area contributed by atoms with E-state index in [1.165, 1.54) is 103 Å². The molecule has 12 rings (SSSR count). The van der Waals surface area contributed by atoms with Crippen LogP contribution < -0.4 is 21.3 Å². The molecule has 7 bridgehead atoms. The molecule has 2 heteroatoms. The molecule has 0 saturated heterocycles. The van der Waals surface area contributed by atoms with Gasteiger partial charge in [-0.05, 0) is 115 Å². The summed E-state index contributed by atoms with van der Waals surface area (Å²) >= 11 is 0. The summed E-state index contributed by atoms with van der Waals surface area (Å²) in [7, 11) is 0. The molecular weight excluding hydrogens is 577 g/mol. The molecular formula is C46H40BN. The number of hydrogen-bond acceptors (Lipinski definition) is 1. The first-order valence-corrected chi connectivity index (χ1v) is 18.3. The zero-order valence-corrected chi connectivity index (χ0v) is 28.9. The Morgan fingerprint density at radius 2 is 1.02 bits per heavy atom. The van der Waals surface area contributed by atoms with Crippen molar-refractivity contribution in [1.82, 2.24) is 0 Å². The molecule has 0 aromatic heterocycles. The van der Waals surface area contributed by atoms with Crippen LogP contribution in [0.25, 0.3) is 43.8 Å². The van der Waals surface area contributed by atoms with Gasteiger partial charge in [-0.25, -0.2) is 0 Å². The molecule has 3 aliphatic heterocycles. The lowest BCUT2D eigenvalue weighted by atomic mass is 9.34. The van der Waals surface area contributed by atoms with Gasteiger partial charge in [-0.1, -0.05) is 120 Å². The molecule has 2 unspecified atom stereocenters. The van der Waals surface area contributed by atoms with Crippen molar-refractivity contribution in [2.24, 2.45) is 0 Å². The summed E-state index contributed by atoms with van der Waals surface area (Å²) in [6, 6.07) is 34.1. The topological polar surface area (TPSA) is 3.24 Å². The summed E-state index contributed by atoms with van der Waals surface area (Å²) in [6.45, 7) is 15.5. The zero-order valence-electron chi connectivity index (χ0n) is 28.9. The van der Waals surface area contributed by atoms with E-state index in [9.17, 15) is 0 Å². The maximum atomic E-state index is 2.76. The van der Waals surface area contributed by atoms with Crippen LogP contribution in [0.1, 0.15) is 89.5 Å². The van der Waals surface area contributed by atoms with E-state index < -0.39 is 0 Å². The third-order valence-corrected chi connectivity index (χ3v) is 14.2. The average Bonchev–Trinajstić information content (AvgIpc) is 3.41. The summed E-state index contributed by atoms with van der Waals surface area (Å²) in [5, 5.41) is 5.93. The Hall–Kier alpha value is -4.30. The van der Waals surface area contributed by atoms with Crippen molar-refractivity contribution in [2.45, 2.75) is 88.9 Å². The molecule has 232 valence electrons. The largest absolute Gasteiger partial charge is 0.309 e. The highest BCUT2D eigenvalue weighted by atomic mass is 15.2. The first kappa shape index (κ1) is 26.6. The predicted octanol–water partition coefficient (Wildman–Crippen LogP) is 9.92. The molecule has 2 atom stereocenters. The fraction of sp³-hybridized carbons (Fsp3) is 0.304. The number of nitrogens with zero attached hydrogens (tertiary/aromatic N) is 1. The van der Waals surface area contributed by atoms with Crippen LogP contribution >= 0.6 is 0 Å². The predicted molar refractivity (Wildman–Crippen MR) is 204 cm³/mol. The van der Waals surface area contributed by atoms with Crippen molar-refractivity contribution >= 4 is 61.7 Å². The second-order valence-electron chi connectivity index (χ2n) is 18.2. The molecule has 0 saturated carbocycles. The van der Waals surface area contributed by atoms with Gasteiger partial charge in [-0.2, -0.15) is 0 Å². The van der Waals surface area contributed by atoms with Gasteiger partial charge in [-0.15, -0.1) is 0 Å². The summed E-state index contributed by atoms with van der Waals surface area (Å²) in [5.41, 5.74) is 21.2. The molecule has 0 N–H and O–H groups in total. The SMILES string of the molecule is CC1(C)CC2(C)CCC3(C)CC(C)(C)c4c3cc3c5c6c(ccc45)B(c4ccccc4)c4ccc5c1c2cc1c5c4N6c2c-1cccc2-3. The summed E-state index contributed by atoms with van der Waals surface area (Å²) < 4.78 is 0. The van der Waals surface area contributed by atoms with Gasteiger partial charge >= 0.3 is 0 Å². The fourth-order valence-electron chi connectivity index (χ4n) is 12.9. The van der Waals surface area contributed by atoms with Gasteiger partial charge in [-0.3, -0.25) is 0 Å². The summed E-state index contributed by atoms with van der Waals surface area (Å²) in [5.74, 6) is 0. The normalized spacial score (nSPS) is 25.0. The highest BCUT2D eigenvalue weighted by Gasteiger charge is 2.53. The molecule has 3 aliphatic carbocycles. The highest BCUT2D eigenvalue weighted by Crippen LogP contribution is 2.66. The van der Waals surface area contributed by atoms with Gasteiger partial charge < -0.3 is 4.90 Å². The van der Waals surface area contributed by atoms with Gasteiger partial charge in [0.05, 0.1) is 5.69 Å². The quantitative estimate of drug-likeness (QED) is 0.166. The molecule has 48 heavy (non-hydrogen) atoms. The van der Waals surface area contributed by atoms with Crippen LogP contribution in [-0.2, 0) is 21.7 Å². The number of hydrogen-bond donors (Lipinski definition) is 0. The van der Waals surface area contributed by atoms with Crippen molar-refractivity contribution in [3.8, 4) is 22.3 Å². The van der Waals surface area contributed by atoms with E-state index in [-0.39, 0.29) is 28.4 Å². The molecule has 0 fully saturated rings. The number of para-hydroxylation sites is 1. The van der Waals surface area contributed by atoms with Crippen molar-refractivity contribution < 1.29 is 0 Å². The summed E-state index contributed by atoms with van der Waals surface area (Å²) in [6.07, 6.45) is 4.84. The van der Waals surface area contributed by atoms with Crippen LogP contribution in [0.15, 0.2) is 84.9 Å². The van der Waals surface area contributed by atoms with E-state index in [1.807, 2.05) is 0 Å². The average molecular weight is 618 g/mol. The first-order valence-electron chi connectivity index (χ1n) is 18.3. The zero-order chi connectivity index (χ0) is 32.3. The maximum Gasteiger partial charge on any atom is 0.246 e. The van der Waals surface area contributed by atoms with Gasteiger partial charge in [0.2, 0.25) is 6.71 Å². The fourth-order valence-corrected chi connectivity index (χ4v) is 12.9. The highest BCUT2D eigenvalue weighted by molar-refractivity contribution is 6.98. The van der Waals surface area contributed by atoms with Crippen LogP contribution in [-0.4, -0.2) is 6.71 Å². The van der Waals surface area contributed by atoms with E-state index in [1.54, 1.807) is 22.3 Å². The molecule has 1 nitrogen and oxygen atoms in total. The minimum Gasteiger partial charge on any atom is -0.309 e. The molecule has 6 aromatic carbocycles. The Morgan fingerprint density at radius 3 is 1.52 bits per heavy atom. The van der Waals surface area contributed by atoms with E-state index in [2.05, 4.69) is 131 Å². The van der Waals surface area contributed by atoms with Crippen LogP contribution in [0, 0.1) is 0 Å². The standard InChI is InChI=1S/C46H40BN/c1-43(2)23-45(5)19-20-46(6)24-44(3,4)39-29-16-18-35-42-37(29)31(22-33(39)46)27-14-10-13-26-30-21-32(45)38(43)28-15-17-34(41(36(28)30)48(42)40(26)27)47(35)25-11-8-7-9-12-25/h7-18,21-22H,19-20,23-24H2,1-6H3. The molecule has 6 aromatic rings. The third-order valence-electron chi connectivity index (χ3n) is 14.2.